The highest BCUT2D eigenvalue weighted by Gasteiger charge is 2.02. The van der Waals surface area contributed by atoms with Crippen molar-refractivity contribution >= 4 is 15.9 Å². The van der Waals surface area contributed by atoms with E-state index in [-0.39, 0.29) is 6.10 Å². The van der Waals surface area contributed by atoms with Crippen LogP contribution in [-0.4, -0.2) is 19.2 Å². The molecule has 2 nitrogen and oxygen atoms in total. The molecular weight excluding hydrogens is 254 g/mol. The van der Waals surface area contributed by atoms with E-state index in [4.69, 9.17) is 4.74 Å². The van der Waals surface area contributed by atoms with Gasteiger partial charge in [0.1, 0.15) is 11.9 Å². The Labute approximate surface area is 99.5 Å². The molecule has 15 heavy (non-hydrogen) atoms. The highest BCUT2D eigenvalue weighted by Crippen LogP contribution is 2.18. The van der Waals surface area contributed by atoms with Crippen molar-refractivity contribution in [2.45, 2.75) is 13.0 Å². The number of halogens is 1. The summed E-state index contributed by atoms with van der Waals surface area (Å²) in [6, 6.07) is 7.86. The number of hydrogen-bond acceptors (Lipinski definition) is 2. The van der Waals surface area contributed by atoms with Gasteiger partial charge in [-0.2, -0.15) is 0 Å². The van der Waals surface area contributed by atoms with Gasteiger partial charge in [0, 0.05) is 17.6 Å². The summed E-state index contributed by atoms with van der Waals surface area (Å²) in [6.45, 7) is 7.31. The van der Waals surface area contributed by atoms with Crippen LogP contribution in [0.4, 0.5) is 0 Å². The predicted octanol–water partition coefficient (Wildman–Crippen LogP) is 2.99. The molecule has 1 unspecified atom stereocenters. The standard InChI is InChI=1S/C12H16BrNO/c1-3-7-14-9-10(2)15-12-6-4-5-11(13)8-12/h3-6,8,10,14H,1,7,9H2,2H3. The first-order valence-corrected chi connectivity index (χ1v) is 5.75. The fraction of sp³-hybridized carbons (Fsp3) is 0.333. The maximum absolute atomic E-state index is 5.71. The minimum absolute atomic E-state index is 0.152. The first kappa shape index (κ1) is 12.3. The summed E-state index contributed by atoms with van der Waals surface area (Å²) in [5.41, 5.74) is 0. The van der Waals surface area contributed by atoms with Crippen molar-refractivity contribution in [1.82, 2.24) is 5.32 Å². The molecule has 0 fully saturated rings. The van der Waals surface area contributed by atoms with E-state index in [1.165, 1.54) is 0 Å². The fourth-order valence-electron chi connectivity index (χ4n) is 1.20. The van der Waals surface area contributed by atoms with E-state index in [0.29, 0.717) is 0 Å². The topological polar surface area (TPSA) is 21.3 Å². The van der Waals surface area contributed by atoms with Crippen LogP contribution in [0.3, 0.4) is 0 Å². The molecule has 3 heteroatoms. The van der Waals surface area contributed by atoms with Gasteiger partial charge in [0.15, 0.2) is 0 Å². The zero-order valence-electron chi connectivity index (χ0n) is 8.87. The maximum atomic E-state index is 5.71. The van der Waals surface area contributed by atoms with Gasteiger partial charge < -0.3 is 10.1 Å². The maximum Gasteiger partial charge on any atom is 0.120 e. The highest BCUT2D eigenvalue weighted by atomic mass is 79.9. The lowest BCUT2D eigenvalue weighted by molar-refractivity contribution is 0.219. The molecule has 0 aliphatic carbocycles. The van der Waals surface area contributed by atoms with E-state index in [1.54, 1.807) is 0 Å². The zero-order chi connectivity index (χ0) is 11.1. The quantitative estimate of drug-likeness (QED) is 0.633. The molecule has 0 aliphatic heterocycles. The number of rotatable bonds is 6. The minimum atomic E-state index is 0.152. The van der Waals surface area contributed by atoms with E-state index >= 15 is 0 Å². The lowest BCUT2D eigenvalue weighted by atomic mass is 10.3. The number of ether oxygens (including phenoxy) is 1. The van der Waals surface area contributed by atoms with Gasteiger partial charge in [-0.15, -0.1) is 6.58 Å². The lowest BCUT2D eigenvalue weighted by Crippen LogP contribution is -2.28. The average Bonchev–Trinajstić information content (AvgIpc) is 2.18. The van der Waals surface area contributed by atoms with Gasteiger partial charge in [-0.25, -0.2) is 0 Å². The largest absolute Gasteiger partial charge is 0.489 e. The Hall–Kier alpha value is -0.800. The van der Waals surface area contributed by atoms with Crippen molar-refractivity contribution in [2.24, 2.45) is 0 Å². The van der Waals surface area contributed by atoms with Gasteiger partial charge in [0.2, 0.25) is 0 Å². The van der Waals surface area contributed by atoms with Gasteiger partial charge >= 0.3 is 0 Å². The molecule has 0 saturated carbocycles. The first-order valence-electron chi connectivity index (χ1n) is 4.96. The van der Waals surface area contributed by atoms with Crippen molar-refractivity contribution in [3.63, 3.8) is 0 Å². The smallest absolute Gasteiger partial charge is 0.120 e. The Balaban J connectivity index is 2.37. The Kier molecular flexibility index (Phi) is 5.43. The van der Waals surface area contributed by atoms with E-state index in [9.17, 15) is 0 Å². The fourth-order valence-corrected chi connectivity index (χ4v) is 1.58. The molecule has 0 aromatic heterocycles. The Morgan fingerprint density at radius 1 is 1.60 bits per heavy atom. The molecular formula is C12H16BrNO. The van der Waals surface area contributed by atoms with Gasteiger partial charge in [-0.3, -0.25) is 0 Å². The monoisotopic (exact) mass is 269 g/mol. The van der Waals surface area contributed by atoms with Crippen molar-refractivity contribution in [2.75, 3.05) is 13.1 Å². The van der Waals surface area contributed by atoms with Crippen LogP contribution in [-0.2, 0) is 0 Å². The molecule has 0 radical (unpaired) electrons. The van der Waals surface area contributed by atoms with Gasteiger partial charge in [0.05, 0.1) is 0 Å². The molecule has 0 aliphatic rings. The molecule has 1 atom stereocenters. The van der Waals surface area contributed by atoms with Gasteiger partial charge in [-0.05, 0) is 25.1 Å². The van der Waals surface area contributed by atoms with Crippen LogP contribution in [0.2, 0.25) is 0 Å². The number of nitrogens with one attached hydrogen (secondary N) is 1. The zero-order valence-corrected chi connectivity index (χ0v) is 10.5. The number of benzene rings is 1. The Morgan fingerprint density at radius 2 is 2.40 bits per heavy atom. The molecule has 0 bridgehead atoms. The highest BCUT2D eigenvalue weighted by molar-refractivity contribution is 9.10. The summed E-state index contributed by atoms with van der Waals surface area (Å²) in [5.74, 6) is 0.886. The molecule has 1 aromatic carbocycles. The van der Waals surface area contributed by atoms with E-state index < -0.39 is 0 Å². The van der Waals surface area contributed by atoms with Crippen LogP contribution in [0, 0.1) is 0 Å². The SMILES string of the molecule is C=CCNCC(C)Oc1cccc(Br)c1. The molecule has 1 aromatic rings. The third kappa shape index (κ3) is 5.00. The molecule has 0 amide bonds. The van der Waals surface area contributed by atoms with Crippen LogP contribution in [0.25, 0.3) is 0 Å². The first-order chi connectivity index (χ1) is 7.22. The lowest BCUT2D eigenvalue weighted by Gasteiger charge is -2.14. The van der Waals surface area contributed by atoms with Crippen LogP contribution in [0.1, 0.15) is 6.92 Å². The van der Waals surface area contributed by atoms with Gasteiger partial charge in [0.25, 0.3) is 0 Å². The van der Waals surface area contributed by atoms with E-state index in [2.05, 4.69) is 27.8 Å². The third-order valence-electron chi connectivity index (χ3n) is 1.85. The van der Waals surface area contributed by atoms with E-state index in [1.807, 2.05) is 37.3 Å². The van der Waals surface area contributed by atoms with Gasteiger partial charge in [-0.1, -0.05) is 28.1 Å². The van der Waals surface area contributed by atoms with Crippen molar-refractivity contribution in [3.8, 4) is 5.75 Å². The molecule has 0 heterocycles. The third-order valence-corrected chi connectivity index (χ3v) is 2.35. The van der Waals surface area contributed by atoms with Crippen LogP contribution < -0.4 is 10.1 Å². The molecule has 1 N–H and O–H groups in total. The van der Waals surface area contributed by atoms with E-state index in [0.717, 1.165) is 23.3 Å². The average molecular weight is 270 g/mol. The van der Waals surface area contributed by atoms with Crippen LogP contribution in [0.15, 0.2) is 41.4 Å². The summed E-state index contributed by atoms with van der Waals surface area (Å²) in [6.07, 6.45) is 1.99. The van der Waals surface area contributed by atoms with Crippen LogP contribution >= 0.6 is 15.9 Å². The summed E-state index contributed by atoms with van der Waals surface area (Å²) < 4.78 is 6.75. The Morgan fingerprint density at radius 3 is 3.07 bits per heavy atom. The second kappa shape index (κ2) is 6.64. The van der Waals surface area contributed by atoms with Crippen molar-refractivity contribution < 1.29 is 4.74 Å². The van der Waals surface area contributed by atoms with Crippen molar-refractivity contribution in [1.29, 1.82) is 0 Å². The number of hydrogen-bond donors (Lipinski definition) is 1. The normalized spacial score (nSPS) is 12.1. The van der Waals surface area contributed by atoms with Crippen LogP contribution in [0.5, 0.6) is 5.75 Å². The molecule has 1 rings (SSSR count). The predicted molar refractivity (Wildman–Crippen MR) is 67.3 cm³/mol. The molecule has 0 spiro atoms. The molecule has 0 saturated heterocycles. The second-order valence-corrected chi connectivity index (χ2v) is 4.25. The minimum Gasteiger partial charge on any atom is -0.489 e. The Bertz CT molecular complexity index is 314. The summed E-state index contributed by atoms with van der Waals surface area (Å²) in [5, 5.41) is 3.21. The van der Waals surface area contributed by atoms with Crippen molar-refractivity contribution in [3.05, 3.63) is 41.4 Å². The summed E-state index contributed by atoms with van der Waals surface area (Å²) >= 11 is 3.41. The summed E-state index contributed by atoms with van der Waals surface area (Å²) in [4.78, 5) is 0. The molecule has 82 valence electrons. The summed E-state index contributed by atoms with van der Waals surface area (Å²) in [7, 11) is 0. The second-order valence-electron chi connectivity index (χ2n) is 3.33.